The van der Waals surface area contributed by atoms with Crippen LogP contribution in [0.2, 0.25) is 0 Å². The summed E-state index contributed by atoms with van der Waals surface area (Å²) in [6, 6.07) is 0. The molecular weight excluding hydrogens is 214 g/mol. The average Bonchev–Trinajstić information content (AvgIpc) is 2.61. The highest BCUT2D eigenvalue weighted by Crippen LogP contribution is 2.19. The molecule has 0 spiro atoms. The van der Waals surface area contributed by atoms with E-state index in [2.05, 4.69) is 15.3 Å². The first-order chi connectivity index (χ1) is 6.98. The monoisotopic (exact) mass is 227 g/mol. The first-order valence-electron chi connectivity index (χ1n) is 4.73. The Balaban J connectivity index is 2.39. The summed E-state index contributed by atoms with van der Waals surface area (Å²) >= 11 is 0. The van der Waals surface area contributed by atoms with Crippen molar-refractivity contribution in [1.29, 1.82) is 0 Å². The molecule has 1 N–H and O–H groups in total. The van der Waals surface area contributed by atoms with Crippen molar-refractivity contribution in [2.24, 2.45) is 0 Å². The molecule has 1 aliphatic rings. The van der Waals surface area contributed by atoms with E-state index < -0.39 is 15.1 Å². The Bertz CT molecular complexity index is 484. The van der Waals surface area contributed by atoms with Crippen molar-refractivity contribution in [1.82, 2.24) is 15.3 Å². The highest BCUT2D eigenvalue weighted by molar-refractivity contribution is 7.90. The Labute approximate surface area is 88.9 Å². The largest absolute Gasteiger partial charge is 0.307 e. The lowest BCUT2D eigenvalue weighted by Crippen LogP contribution is -2.12. The number of rotatable bonds is 2. The SMILES string of the molecule is CC(c1ncc2c(n1)CNC2)S(C)(=O)=O. The smallest absolute Gasteiger partial charge is 0.157 e. The van der Waals surface area contributed by atoms with E-state index in [-0.39, 0.29) is 0 Å². The fourth-order valence-corrected chi connectivity index (χ4v) is 1.96. The van der Waals surface area contributed by atoms with Crippen molar-refractivity contribution in [3.05, 3.63) is 23.3 Å². The van der Waals surface area contributed by atoms with Gasteiger partial charge < -0.3 is 5.32 Å². The molecule has 0 saturated heterocycles. The minimum absolute atomic E-state index is 0.389. The molecule has 5 nitrogen and oxygen atoms in total. The Morgan fingerprint density at radius 3 is 2.87 bits per heavy atom. The Morgan fingerprint density at radius 2 is 2.20 bits per heavy atom. The number of fused-ring (bicyclic) bond motifs is 1. The molecule has 1 aromatic rings. The molecule has 1 aliphatic heterocycles. The van der Waals surface area contributed by atoms with Crippen LogP contribution in [0.5, 0.6) is 0 Å². The summed E-state index contributed by atoms with van der Waals surface area (Å²) in [5.41, 5.74) is 1.97. The molecule has 1 unspecified atom stereocenters. The quantitative estimate of drug-likeness (QED) is 0.780. The van der Waals surface area contributed by atoms with Crippen molar-refractivity contribution in [2.75, 3.05) is 6.26 Å². The average molecular weight is 227 g/mol. The van der Waals surface area contributed by atoms with Crippen LogP contribution in [0, 0.1) is 0 Å². The van der Waals surface area contributed by atoms with E-state index in [1.54, 1.807) is 13.1 Å². The third-order valence-corrected chi connectivity index (χ3v) is 4.08. The summed E-state index contributed by atoms with van der Waals surface area (Å²) in [7, 11) is -3.12. The lowest BCUT2D eigenvalue weighted by molar-refractivity contribution is 0.588. The first kappa shape index (κ1) is 10.5. The molecule has 6 heteroatoms. The fraction of sp³-hybridized carbons (Fsp3) is 0.556. The zero-order valence-electron chi connectivity index (χ0n) is 8.69. The summed E-state index contributed by atoms with van der Waals surface area (Å²) < 4.78 is 22.7. The van der Waals surface area contributed by atoms with Crippen LogP contribution in [-0.4, -0.2) is 24.6 Å². The van der Waals surface area contributed by atoms with Gasteiger partial charge in [0.25, 0.3) is 0 Å². The molecule has 2 rings (SSSR count). The summed E-state index contributed by atoms with van der Waals surface area (Å²) in [4.78, 5) is 8.35. The van der Waals surface area contributed by atoms with Gasteiger partial charge in [0.2, 0.25) is 0 Å². The van der Waals surface area contributed by atoms with Gasteiger partial charge in [0.1, 0.15) is 11.1 Å². The predicted molar refractivity (Wildman–Crippen MR) is 55.8 cm³/mol. The lowest BCUT2D eigenvalue weighted by Gasteiger charge is -2.08. The van der Waals surface area contributed by atoms with Crippen LogP contribution in [0.25, 0.3) is 0 Å². The molecule has 1 atom stereocenters. The molecule has 0 aromatic carbocycles. The van der Waals surface area contributed by atoms with Gasteiger partial charge >= 0.3 is 0 Å². The van der Waals surface area contributed by atoms with Gasteiger partial charge in [0.15, 0.2) is 9.84 Å². The summed E-state index contributed by atoms with van der Waals surface area (Å²) in [6.07, 6.45) is 2.91. The number of nitrogens with zero attached hydrogens (tertiary/aromatic N) is 2. The fourth-order valence-electron chi connectivity index (χ4n) is 1.46. The maximum Gasteiger partial charge on any atom is 0.157 e. The summed E-state index contributed by atoms with van der Waals surface area (Å²) in [5, 5.41) is 2.50. The Morgan fingerprint density at radius 1 is 1.47 bits per heavy atom. The van der Waals surface area contributed by atoms with Crippen molar-refractivity contribution < 1.29 is 8.42 Å². The highest BCUT2D eigenvalue weighted by Gasteiger charge is 2.22. The molecule has 0 amide bonds. The van der Waals surface area contributed by atoms with E-state index >= 15 is 0 Å². The topological polar surface area (TPSA) is 72.0 Å². The minimum Gasteiger partial charge on any atom is -0.307 e. The van der Waals surface area contributed by atoms with E-state index in [1.807, 2.05) is 0 Å². The molecule has 0 aliphatic carbocycles. The van der Waals surface area contributed by atoms with Gasteiger partial charge in [-0.2, -0.15) is 0 Å². The number of sulfone groups is 1. The van der Waals surface area contributed by atoms with Gasteiger partial charge in [-0.05, 0) is 6.92 Å². The van der Waals surface area contributed by atoms with Gasteiger partial charge in [-0.3, -0.25) is 0 Å². The van der Waals surface area contributed by atoms with E-state index in [0.29, 0.717) is 12.4 Å². The van der Waals surface area contributed by atoms with Crippen molar-refractivity contribution >= 4 is 9.84 Å². The number of aromatic nitrogens is 2. The van der Waals surface area contributed by atoms with E-state index in [0.717, 1.165) is 17.8 Å². The molecule has 1 aromatic heterocycles. The van der Waals surface area contributed by atoms with Gasteiger partial charge in [-0.15, -0.1) is 0 Å². The van der Waals surface area contributed by atoms with Crippen LogP contribution in [0.4, 0.5) is 0 Å². The molecule has 0 radical (unpaired) electrons. The number of hydrogen-bond donors (Lipinski definition) is 1. The normalized spacial score (nSPS) is 17.5. The first-order valence-corrected chi connectivity index (χ1v) is 6.68. The number of hydrogen-bond acceptors (Lipinski definition) is 5. The Kier molecular flexibility index (Phi) is 2.47. The maximum absolute atomic E-state index is 11.3. The van der Waals surface area contributed by atoms with Crippen LogP contribution in [0.3, 0.4) is 0 Å². The second-order valence-electron chi connectivity index (χ2n) is 3.78. The predicted octanol–water partition coefficient (Wildman–Crippen LogP) is 0.185. The number of nitrogens with one attached hydrogen (secondary N) is 1. The van der Waals surface area contributed by atoms with Crippen LogP contribution in [-0.2, 0) is 22.9 Å². The van der Waals surface area contributed by atoms with Crippen molar-refractivity contribution in [3.63, 3.8) is 0 Å². The molecule has 82 valence electrons. The summed E-state index contributed by atoms with van der Waals surface area (Å²) in [5.74, 6) is 0.389. The van der Waals surface area contributed by atoms with Crippen LogP contribution >= 0.6 is 0 Å². The van der Waals surface area contributed by atoms with E-state index in [1.165, 1.54) is 6.26 Å². The standard InChI is InChI=1S/C9H13N3O2S/c1-6(15(2,13)14)9-11-4-7-3-10-5-8(7)12-9/h4,6,10H,3,5H2,1-2H3. The third kappa shape index (κ3) is 2.00. The van der Waals surface area contributed by atoms with E-state index in [4.69, 9.17) is 0 Å². The zero-order valence-corrected chi connectivity index (χ0v) is 9.50. The van der Waals surface area contributed by atoms with Crippen molar-refractivity contribution in [3.8, 4) is 0 Å². The van der Waals surface area contributed by atoms with Gasteiger partial charge in [0.05, 0.1) is 5.69 Å². The zero-order chi connectivity index (χ0) is 11.1. The van der Waals surface area contributed by atoms with Gasteiger partial charge in [0, 0.05) is 31.1 Å². The molecule has 0 bridgehead atoms. The molecular formula is C9H13N3O2S. The van der Waals surface area contributed by atoms with Gasteiger partial charge in [-0.25, -0.2) is 18.4 Å². The van der Waals surface area contributed by atoms with Gasteiger partial charge in [-0.1, -0.05) is 0 Å². The Hall–Kier alpha value is -1.01. The summed E-state index contributed by atoms with van der Waals surface area (Å²) in [6.45, 7) is 3.07. The molecule has 15 heavy (non-hydrogen) atoms. The van der Waals surface area contributed by atoms with Crippen molar-refractivity contribution in [2.45, 2.75) is 25.3 Å². The second kappa shape index (κ2) is 3.53. The molecule has 0 saturated carbocycles. The third-order valence-electron chi connectivity index (χ3n) is 2.59. The van der Waals surface area contributed by atoms with E-state index in [9.17, 15) is 8.42 Å². The molecule has 2 heterocycles. The van der Waals surface area contributed by atoms with Crippen LogP contribution in [0.15, 0.2) is 6.20 Å². The molecule has 0 fully saturated rings. The maximum atomic E-state index is 11.3. The minimum atomic E-state index is -3.12. The highest BCUT2D eigenvalue weighted by atomic mass is 32.2. The second-order valence-corrected chi connectivity index (χ2v) is 6.14. The van der Waals surface area contributed by atoms with Crippen LogP contribution < -0.4 is 5.32 Å². The lowest BCUT2D eigenvalue weighted by atomic mass is 10.3. The van der Waals surface area contributed by atoms with Crippen LogP contribution in [0.1, 0.15) is 29.3 Å².